The van der Waals surface area contributed by atoms with E-state index in [2.05, 4.69) is 16.6 Å². The third kappa shape index (κ3) is 2.68. The Kier molecular flexibility index (Phi) is 3.64. The summed E-state index contributed by atoms with van der Waals surface area (Å²) in [6.45, 7) is 2.05. The molecular weight excluding hydrogens is 250 g/mol. The fourth-order valence-electron chi connectivity index (χ4n) is 2.19. The number of pyridine rings is 1. The third-order valence-electron chi connectivity index (χ3n) is 3.33. The standard InChI is InChI=1S/C12H15N3O2S/c1-9-3-2-4-12(9)15-18(16,17)11-6-5-10(7-13)14-8-11/h5-6,8-9,12,15H,2-4H2,1H3. The Morgan fingerprint density at radius 3 is 2.72 bits per heavy atom. The quantitative estimate of drug-likeness (QED) is 0.896. The van der Waals surface area contributed by atoms with Gasteiger partial charge in [0.05, 0.1) is 0 Å². The lowest BCUT2D eigenvalue weighted by atomic mass is 10.1. The van der Waals surface area contributed by atoms with Crippen molar-refractivity contribution in [2.24, 2.45) is 5.92 Å². The maximum atomic E-state index is 12.1. The van der Waals surface area contributed by atoms with Crippen molar-refractivity contribution in [1.82, 2.24) is 9.71 Å². The fourth-order valence-corrected chi connectivity index (χ4v) is 3.52. The van der Waals surface area contributed by atoms with Gasteiger partial charge in [0.15, 0.2) is 0 Å². The molecule has 0 amide bonds. The maximum Gasteiger partial charge on any atom is 0.242 e. The molecule has 0 aromatic carbocycles. The molecule has 1 saturated carbocycles. The van der Waals surface area contributed by atoms with Crippen LogP contribution < -0.4 is 4.72 Å². The molecule has 1 aliphatic rings. The van der Waals surface area contributed by atoms with Crippen molar-refractivity contribution >= 4 is 10.0 Å². The van der Waals surface area contributed by atoms with E-state index in [1.54, 1.807) is 0 Å². The highest BCUT2D eigenvalue weighted by Crippen LogP contribution is 2.26. The largest absolute Gasteiger partial charge is 0.244 e. The van der Waals surface area contributed by atoms with E-state index >= 15 is 0 Å². The molecular formula is C12H15N3O2S. The first-order valence-electron chi connectivity index (χ1n) is 5.91. The molecule has 1 aliphatic carbocycles. The van der Waals surface area contributed by atoms with Gasteiger partial charge in [0, 0.05) is 12.2 Å². The Labute approximate surface area is 107 Å². The molecule has 0 saturated heterocycles. The summed E-state index contributed by atoms with van der Waals surface area (Å²) in [4.78, 5) is 3.89. The van der Waals surface area contributed by atoms with Crippen molar-refractivity contribution in [3.8, 4) is 6.07 Å². The minimum atomic E-state index is -3.52. The van der Waals surface area contributed by atoms with Gasteiger partial charge in [0.25, 0.3) is 0 Å². The second kappa shape index (κ2) is 5.04. The number of nitrogens with one attached hydrogen (secondary N) is 1. The summed E-state index contributed by atoms with van der Waals surface area (Å²) in [7, 11) is -3.52. The van der Waals surface area contributed by atoms with Gasteiger partial charge in [-0.1, -0.05) is 13.3 Å². The van der Waals surface area contributed by atoms with Crippen LogP contribution in [0.25, 0.3) is 0 Å². The normalized spacial score (nSPS) is 23.8. The van der Waals surface area contributed by atoms with Gasteiger partial charge < -0.3 is 0 Å². The van der Waals surface area contributed by atoms with Crippen molar-refractivity contribution in [3.63, 3.8) is 0 Å². The average molecular weight is 265 g/mol. The maximum absolute atomic E-state index is 12.1. The van der Waals surface area contributed by atoms with E-state index in [4.69, 9.17) is 5.26 Å². The fraction of sp³-hybridized carbons (Fsp3) is 0.500. The minimum absolute atomic E-state index is 0.00523. The van der Waals surface area contributed by atoms with Crippen LogP contribution in [-0.2, 0) is 10.0 Å². The zero-order valence-electron chi connectivity index (χ0n) is 10.1. The summed E-state index contributed by atoms with van der Waals surface area (Å²) in [6.07, 6.45) is 4.21. The van der Waals surface area contributed by atoms with Crippen LogP contribution in [0.2, 0.25) is 0 Å². The summed E-state index contributed by atoms with van der Waals surface area (Å²) in [6, 6.07) is 4.68. The van der Waals surface area contributed by atoms with Crippen LogP contribution in [0.15, 0.2) is 23.2 Å². The van der Waals surface area contributed by atoms with E-state index in [1.165, 1.54) is 18.3 Å². The second-order valence-electron chi connectivity index (χ2n) is 4.63. The van der Waals surface area contributed by atoms with Gasteiger partial charge in [-0.05, 0) is 30.9 Å². The Bertz CT molecular complexity index is 560. The Hall–Kier alpha value is -1.45. The van der Waals surface area contributed by atoms with E-state index in [1.807, 2.05) is 6.07 Å². The lowest BCUT2D eigenvalue weighted by Crippen LogP contribution is -2.36. The van der Waals surface area contributed by atoms with Crippen LogP contribution >= 0.6 is 0 Å². The molecule has 2 atom stereocenters. The molecule has 0 spiro atoms. The molecule has 1 heterocycles. The zero-order valence-corrected chi connectivity index (χ0v) is 10.9. The number of sulfonamides is 1. The zero-order chi connectivity index (χ0) is 13.2. The van der Waals surface area contributed by atoms with Gasteiger partial charge in [-0.25, -0.2) is 18.1 Å². The molecule has 0 bridgehead atoms. The lowest BCUT2D eigenvalue weighted by molar-refractivity contribution is 0.476. The monoisotopic (exact) mass is 265 g/mol. The molecule has 1 aromatic rings. The van der Waals surface area contributed by atoms with Crippen LogP contribution in [0, 0.1) is 17.2 Å². The molecule has 2 rings (SSSR count). The van der Waals surface area contributed by atoms with Crippen LogP contribution in [0.4, 0.5) is 0 Å². The van der Waals surface area contributed by atoms with Crippen molar-refractivity contribution in [3.05, 3.63) is 24.0 Å². The summed E-state index contributed by atoms with van der Waals surface area (Å²) in [5.41, 5.74) is 0.211. The molecule has 1 aromatic heterocycles. The molecule has 2 unspecified atom stereocenters. The number of nitrogens with zero attached hydrogens (tertiary/aromatic N) is 2. The first-order chi connectivity index (χ1) is 8.53. The number of nitriles is 1. The van der Waals surface area contributed by atoms with Crippen molar-refractivity contribution in [1.29, 1.82) is 5.26 Å². The Morgan fingerprint density at radius 1 is 1.44 bits per heavy atom. The van der Waals surface area contributed by atoms with Gasteiger partial charge in [-0.3, -0.25) is 0 Å². The number of hydrogen-bond donors (Lipinski definition) is 1. The minimum Gasteiger partial charge on any atom is -0.244 e. The smallest absolute Gasteiger partial charge is 0.242 e. The van der Waals surface area contributed by atoms with E-state index < -0.39 is 10.0 Å². The highest BCUT2D eigenvalue weighted by Gasteiger charge is 2.28. The molecule has 96 valence electrons. The molecule has 6 heteroatoms. The molecule has 0 aliphatic heterocycles. The summed E-state index contributed by atoms with van der Waals surface area (Å²) in [5.74, 6) is 0.367. The second-order valence-corrected chi connectivity index (χ2v) is 6.34. The first kappa shape index (κ1) is 13.0. The van der Waals surface area contributed by atoms with E-state index in [0.717, 1.165) is 19.3 Å². The predicted octanol–water partition coefficient (Wildman–Crippen LogP) is 1.42. The van der Waals surface area contributed by atoms with Crippen LogP contribution in [0.1, 0.15) is 31.9 Å². The van der Waals surface area contributed by atoms with Crippen LogP contribution in [0.3, 0.4) is 0 Å². The SMILES string of the molecule is CC1CCCC1NS(=O)(=O)c1ccc(C#N)nc1. The van der Waals surface area contributed by atoms with Crippen LogP contribution in [0.5, 0.6) is 0 Å². The van der Waals surface area contributed by atoms with Crippen molar-refractivity contribution in [2.45, 2.75) is 37.1 Å². The number of rotatable bonds is 3. The highest BCUT2D eigenvalue weighted by atomic mass is 32.2. The molecule has 0 radical (unpaired) electrons. The van der Waals surface area contributed by atoms with Gasteiger partial charge in [0.1, 0.15) is 16.7 Å². The molecule has 1 N–H and O–H groups in total. The molecule has 5 nitrogen and oxygen atoms in total. The third-order valence-corrected chi connectivity index (χ3v) is 4.80. The average Bonchev–Trinajstić information content (AvgIpc) is 2.74. The molecule has 1 fully saturated rings. The number of aromatic nitrogens is 1. The van der Waals surface area contributed by atoms with E-state index in [0.29, 0.717) is 5.92 Å². The van der Waals surface area contributed by atoms with E-state index in [-0.39, 0.29) is 16.6 Å². The lowest BCUT2D eigenvalue weighted by Gasteiger charge is -2.17. The topological polar surface area (TPSA) is 82.9 Å². The van der Waals surface area contributed by atoms with Gasteiger partial charge in [-0.15, -0.1) is 0 Å². The first-order valence-corrected chi connectivity index (χ1v) is 7.40. The van der Waals surface area contributed by atoms with E-state index in [9.17, 15) is 8.42 Å². The van der Waals surface area contributed by atoms with Crippen molar-refractivity contribution in [2.75, 3.05) is 0 Å². The van der Waals surface area contributed by atoms with Gasteiger partial charge in [0.2, 0.25) is 10.0 Å². The summed E-state index contributed by atoms with van der Waals surface area (Å²) < 4.78 is 26.9. The number of hydrogen-bond acceptors (Lipinski definition) is 4. The van der Waals surface area contributed by atoms with Gasteiger partial charge in [-0.2, -0.15) is 5.26 Å². The van der Waals surface area contributed by atoms with Crippen LogP contribution in [-0.4, -0.2) is 19.4 Å². The Morgan fingerprint density at radius 2 is 2.22 bits per heavy atom. The van der Waals surface area contributed by atoms with Gasteiger partial charge >= 0.3 is 0 Å². The van der Waals surface area contributed by atoms with Crippen molar-refractivity contribution < 1.29 is 8.42 Å². The summed E-state index contributed by atoms with van der Waals surface area (Å²) >= 11 is 0. The Balaban J connectivity index is 2.17. The predicted molar refractivity (Wildman–Crippen MR) is 66.1 cm³/mol. The highest BCUT2D eigenvalue weighted by molar-refractivity contribution is 7.89. The summed E-state index contributed by atoms with van der Waals surface area (Å²) in [5, 5.41) is 8.62. The molecule has 18 heavy (non-hydrogen) atoms.